The van der Waals surface area contributed by atoms with Crippen LogP contribution in [0.4, 0.5) is 4.39 Å². The number of carbonyl (C=O) groups is 1. The van der Waals surface area contributed by atoms with Crippen LogP contribution in [0, 0.1) is 11.7 Å². The van der Waals surface area contributed by atoms with Gasteiger partial charge in [-0.3, -0.25) is 4.79 Å². The van der Waals surface area contributed by atoms with Gasteiger partial charge < -0.3 is 5.32 Å². The number of hydrogen-bond acceptors (Lipinski definition) is 2. The summed E-state index contributed by atoms with van der Waals surface area (Å²) in [5.41, 5.74) is 0. The molecule has 1 amide bonds. The van der Waals surface area contributed by atoms with Gasteiger partial charge in [-0.1, -0.05) is 35.8 Å². The Morgan fingerprint density at radius 1 is 1.40 bits per heavy atom. The van der Waals surface area contributed by atoms with Crippen LogP contribution in [0.1, 0.15) is 29.9 Å². The minimum atomic E-state index is -0.274. The van der Waals surface area contributed by atoms with Gasteiger partial charge in [0, 0.05) is 16.1 Å². The van der Waals surface area contributed by atoms with E-state index in [1.54, 1.807) is 12.1 Å². The third-order valence-corrected chi connectivity index (χ3v) is 4.71. The van der Waals surface area contributed by atoms with Gasteiger partial charge in [0.2, 0.25) is 0 Å². The molecule has 20 heavy (non-hydrogen) atoms. The summed E-state index contributed by atoms with van der Waals surface area (Å²) in [7, 11) is 0. The summed E-state index contributed by atoms with van der Waals surface area (Å²) in [4.78, 5) is 13.0. The zero-order chi connectivity index (χ0) is 14.7. The largest absolute Gasteiger partial charge is 0.350 e. The molecule has 108 valence electrons. The Kier molecular flexibility index (Phi) is 5.16. The van der Waals surface area contributed by atoms with Gasteiger partial charge in [-0.15, -0.1) is 11.3 Å². The Bertz CT molecular complexity index is 611. The zero-order valence-electron chi connectivity index (χ0n) is 11.5. The Balaban J connectivity index is 2.00. The molecular formula is C15H17BrFNOS. The molecule has 1 unspecified atom stereocenters. The van der Waals surface area contributed by atoms with Crippen LogP contribution in [0.2, 0.25) is 0 Å². The van der Waals surface area contributed by atoms with E-state index in [9.17, 15) is 9.18 Å². The molecule has 1 aromatic heterocycles. The van der Waals surface area contributed by atoms with Crippen LogP contribution < -0.4 is 5.32 Å². The minimum absolute atomic E-state index is 0.0974. The summed E-state index contributed by atoms with van der Waals surface area (Å²) in [6.07, 6.45) is 1.01. The van der Waals surface area contributed by atoms with Crippen LogP contribution in [0.15, 0.2) is 24.3 Å². The number of carbonyl (C=O) groups excluding carboxylic acids is 1. The van der Waals surface area contributed by atoms with Gasteiger partial charge in [-0.25, -0.2) is 4.39 Å². The minimum Gasteiger partial charge on any atom is -0.350 e. The average molecular weight is 358 g/mol. The Labute approximate surface area is 130 Å². The highest BCUT2D eigenvalue weighted by atomic mass is 79.9. The molecule has 0 bridgehead atoms. The third kappa shape index (κ3) is 4.03. The summed E-state index contributed by atoms with van der Waals surface area (Å²) < 4.78 is 13.9. The maximum Gasteiger partial charge on any atom is 0.261 e. The van der Waals surface area contributed by atoms with E-state index in [0.29, 0.717) is 17.3 Å². The fourth-order valence-electron chi connectivity index (χ4n) is 2.00. The first-order valence-electron chi connectivity index (χ1n) is 6.57. The van der Waals surface area contributed by atoms with E-state index in [1.165, 1.54) is 23.5 Å². The number of benzene rings is 1. The summed E-state index contributed by atoms with van der Waals surface area (Å²) in [5, 5.41) is 3.81. The Morgan fingerprint density at radius 2 is 2.15 bits per heavy atom. The SMILES string of the molecule is CC(C)CC(Br)CNC(=O)c1cc2ccc(F)cc2s1. The van der Waals surface area contributed by atoms with Crippen LogP contribution in [0.3, 0.4) is 0 Å². The van der Waals surface area contributed by atoms with Crippen molar-refractivity contribution >= 4 is 43.3 Å². The van der Waals surface area contributed by atoms with Crippen molar-refractivity contribution < 1.29 is 9.18 Å². The van der Waals surface area contributed by atoms with Crippen LogP contribution >= 0.6 is 27.3 Å². The quantitative estimate of drug-likeness (QED) is 0.779. The average Bonchev–Trinajstić information content (AvgIpc) is 2.78. The number of halogens is 2. The highest BCUT2D eigenvalue weighted by Gasteiger charge is 2.13. The first-order chi connectivity index (χ1) is 9.45. The predicted octanol–water partition coefficient (Wildman–Crippen LogP) is 4.58. The van der Waals surface area contributed by atoms with Crippen molar-refractivity contribution in [2.24, 2.45) is 5.92 Å². The van der Waals surface area contributed by atoms with E-state index in [2.05, 4.69) is 35.1 Å². The van der Waals surface area contributed by atoms with Crippen molar-refractivity contribution in [1.29, 1.82) is 0 Å². The molecule has 2 aromatic rings. The zero-order valence-corrected chi connectivity index (χ0v) is 13.9. The summed E-state index contributed by atoms with van der Waals surface area (Å²) in [6.45, 7) is 4.90. The monoisotopic (exact) mass is 357 g/mol. The molecule has 2 nitrogen and oxygen atoms in total. The number of amides is 1. The Hall–Kier alpha value is -0.940. The van der Waals surface area contributed by atoms with E-state index >= 15 is 0 Å². The van der Waals surface area contributed by atoms with Crippen molar-refractivity contribution in [2.75, 3.05) is 6.54 Å². The van der Waals surface area contributed by atoms with Gasteiger partial charge in [0.05, 0.1) is 4.88 Å². The number of hydrogen-bond donors (Lipinski definition) is 1. The first-order valence-corrected chi connectivity index (χ1v) is 8.30. The molecule has 0 aliphatic heterocycles. The van der Waals surface area contributed by atoms with Gasteiger partial charge in [0.15, 0.2) is 0 Å². The van der Waals surface area contributed by atoms with Crippen LogP contribution in [-0.4, -0.2) is 17.3 Å². The highest BCUT2D eigenvalue weighted by molar-refractivity contribution is 9.09. The molecule has 0 fully saturated rings. The van der Waals surface area contributed by atoms with Gasteiger partial charge in [-0.05, 0) is 35.9 Å². The van der Waals surface area contributed by atoms with Crippen molar-refractivity contribution in [2.45, 2.75) is 25.1 Å². The lowest BCUT2D eigenvalue weighted by atomic mass is 10.1. The molecular weight excluding hydrogens is 341 g/mol. The van der Waals surface area contributed by atoms with Gasteiger partial charge in [0.25, 0.3) is 5.91 Å². The molecule has 0 aliphatic carbocycles. The van der Waals surface area contributed by atoms with Crippen molar-refractivity contribution in [3.63, 3.8) is 0 Å². The number of alkyl halides is 1. The fraction of sp³-hybridized carbons (Fsp3) is 0.400. The molecule has 1 aromatic carbocycles. The van der Waals surface area contributed by atoms with Gasteiger partial charge in [0.1, 0.15) is 5.82 Å². The van der Waals surface area contributed by atoms with Crippen LogP contribution in [0.5, 0.6) is 0 Å². The normalized spacial score (nSPS) is 12.8. The molecule has 5 heteroatoms. The van der Waals surface area contributed by atoms with Gasteiger partial charge >= 0.3 is 0 Å². The smallest absolute Gasteiger partial charge is 0.261 e. The lowest BCUT2D eigenvalue weighted by Crippen LogP contribution is -2.29. The van der Waals surface area contributed by atoms with Gasteiger partial charge in [-0.2, -0.15) is 0 Å². The second kappa shape index (κ2) is 6.68. The first kappa shape index (κ1) is 15.4. The lowest BCUT2D eigenvalue weighted by Gasteiger charge is -2.12. The molecule has 0 spiro atoms. The lowest BCUT2D eigenvalue weighted by molar-refractivity contribution is 0.0957. The van der Waals surface area contributed by atoms with Crippen molar-refractivity contribution in [3.8, 4) is 0 Å². The van der Waals surface area contributed by atoms with E-state index < -0.39 is 0 Å². The van der Waals surface area contributed by atoms with E-state index in [0.717, 1.165) is 16.5 Å². The summed E-state index contributed by atoms with van der Waals surface area (Å²) in [5.74, 6) is 0.215. The van der Waals surface area contributed by atoms with E-state index in [-0.39, 0.29) is 16.6 Å². The molecule has 0 saturated heterocycles. The fourth-order valence-corrected chi connectivity index (χ4v) is 3.92. The summed E-state index contributed by atoms with van der Waals surface area (Å²) in [6, 6.07) is 6.38. The second-order valence-corrected chi connectivity index (χ2v) is 7.61. The van der Waals surface area contributed by atoms with E-state index in [4.69, 9.17) is 0 Å². The molecule has 1 atom stereocenters. The molecule has 2 rings (SSSR count). The van der Waals surface area contributed by atoms with Crippen LogP contribution in [0.25, 0.3) is 10.1 Å². The molecule has 0 saturated carbocycles. The Morgan fingerprint density at radius 3 is 2.85 bits per heavy atom. The highest BCUT2D eigenvalue weighted by Crippen LogP contribution is 2.26. The maximum absolute atomic E-state index is 13.1. The van der Waals surface area contributed by atoms with Crippen molar-refractivity contribution in [1.82, 2.24) is 5.32 Å². The molecule has 1 N–H and O–H groups in total. The topological polar surface area (TPSA) is 29.1 Å². The molecule has 0 aliphatic rings. The third-order valence-electron chi connectivity index (χ3n) is 2.92. The number of fused-ring (bicyclic) bond motifs is 1. The maximum atomic E-state index is 13.1. The van der Waals surface area contributed by atoms with E-state index in [1.807, 2.05) is 0 Å². The summed E-state index contributed by atoms with van der Waals surface area (Å²) >= 11 is 4.88. The van der Waals surface area contributed by atoms with Crippen LogP contribution in [-0.2, 0) is 0 Å². The predicted molar refractivity (Wildman–Crippen MR) is 86.3 cm³/mol. The molecule has 0 radical (unpaired) electrons. The number of nitrogens with one attached hydrogen (secondary N) is 1. The number of rotatable bonds is 5. The van der Waals surface area contributed by atoms with Crippen molar-refractivity contribution in [3.05, 3.63) is 35.0 Å². The molecule has 1 heterocycles. The second-order valence-electron chi connectivity index (χ2n) is 5.23. The number of thiophene rings is 1. The standard InChI is InChI=1S/C15H17BrFNOS/c1-9(2)5-11(16)8-18-15(19)14-6-10-3-4-12(17)7-13(10)20-14/h3-4,6-7,9,11H,5,8H2,1-2H3,(H,18,19).